The Morgan fingerprint density at radius 3 is 1.58 bits per heavy atom. The molecule has 0 saturated heterocycles. The van der Waals surface area contributed by atoms with Crippen LogP contribution < -0.4 is 0 Å². The van der Waals surface area contributed by atoms with E-state index in [0.717, 1.165) is 29.8 Å². The molecular weight excluding hydrogens is 408 g/mol. The molecule has 2 aromatic carbocycles. The SMILES string of the molecule is Cc1ccc(S(=O)(=O)OC(OS(=O)(=O)c2ccccc2)S(=O)(=O)O)cc1. The second-order valence-corrected chi connectivity index (χ2v) is 9.59. The lowest BCUT2D eigenvalue weighted by Crippen LogP contribution is -2.32. The van der Waals surface area contributed by atoms with Crippen molar-refractivity contribution < 1.29 is 38.2 Å². The minimum Gasteiger partial charge on any atom is -0.282 e. The predicted octanol–water partition coefficient (Wildman–Crippen LogP) is 1.28. The van der Waals surface area contributed by atoms with Gasteiger partial charge >= 0.3 is 15.7 Å². The van der Waals surface area contributed by atoms with Crippen molar-refractivity contribution in [3.8, 4) is 0 Å². The van der Waals surface area contributed by atoms with E-state index in [2.05, 4.69) is 8.37 Å². The van der Waals surface area contributed by atoms with E-state index in [9.17, 15) is 25.3 Å². The second-order valence-electron chi connectivity index (χ2n) is 5.03. The normalized spacial score (nSPS) is 14.1. The van der Waals surface area contributed by atoms with E-state index in [1.807, 2.05) is 0 Å². The molecule has 12 heteroatoms. The van der Waals surface area contributed by atoms with Crippen LogP contribution in [-0.4, -0.2) is 35.4 Å². The van der Waals surface area contributed by atoms with Gasteiger partial charge in [-0.1, -0.05) is 35.9 Å². The van der Waals surface area contributed by atoms with E-state index in [1.54, 1.807) is 6.92 Å². The number of hydrogen-bond donors (Lipinski definition) is 1. The molecule has 2 rings (SSSR count). The monoisotopic (exact) mass is 422 g/mol. The smallest absolute Gasteiger partial charge is 0.282 e. The molecule has 0 bridgehead atoms. The summed E-state index contributed by atoms with van der Waals surface area (Å²) in [5.41, 5.74) is -2.28. The van der Waals surface area contributed by atoms with Gasteiger partial charge in [-0.25, -0.2) is 8.37 Å². The number of rotatable bonds is 7. The topological polar surface area (TPSA) is 141 Å². The van der Waals surface area contributed by atoms with Crippen LogP contribution in [0, 0.1) is 6.92 Å². The zero-order chi connectivity index (χ0) is 19.6. The van der Waals surface area contributed by atoms with Crippen LogP contribution in [0.4, 0.5) is 0 Å². The Labute approximate surface area is 151 Å². The third-order valence-corrected chi connectivity index (χ3v) is 6.47. The van der Waals surface area contributed by atoms with E-state index in [0.29, 0.717) is 0 Å². The summed E-state index contributed by atoms with van der Waals surface area (Å²) in [4.78, 5) is -0.901. The maximum absolute atomic E-state index is 12.2. The van der Waals surface area contributed by atoms with Gasteiger partial charge in [0, 0.05) is 0 Å². The van der Waals surface area contributed by atoms with Crippen molar-refractivity contribution in [2.45, 2.75) is 22.3 Å². The minimum absolute atomic E-state index is 0.447. The second kappa shape index (κ2) is 7.42. The highest BCUT2D eigenvalue weighted by atomic mass is 32.2. The Hall–Kier alpha value is -1.83. The molecule has 9 nitrogen and oxygen atoms in total. The molecular formula is C14H14O9S3. The molecule has 26 heavy (non-hydrogen) atoms. The molecule has 0 spiro atoms. The summed E-state index contributed by atoms with van der Waals surface area (Å²) in [6.45, 7) is 1.69. The van der Waals surface area contributed by atoms with Crippen molar-refractivity contribution >= 4 is 30.4 Å². The number of benzene rings is 2. The van der Waals surface area contributed by atoms with Crippen LogP contribution in [0.1, 0.15) is 5.56 Å². The molecule has 1 N–H and O–H groups in total. The quantitative estimate of drug-likeness (QED) is 0.397. The van der Waals surface area contributed by atoms with E-state index in [1.165, 1.54) is 30.3 Å². The van der Waals surface area contributed by atoms with Crippen LogP contribution in [0.3, 0.4) is 0 Å². The molecule has 0 aliphatic carbocycles. The molecule has 0 heterocycles. The van der Waals surface area contributed by atoms with Crippen molar-refractivity contribution in [1.29, 1.82) is 0 Å². The largest absolute Gasteiger partial charge is 0.321 e. The van der Waals surface area contributed by atoms with Crippen LogP contribution >= 0.6 is 0 Å². The molecule has 1 atom stereocenters. The molecule has 0 aliphatic heterocycles. The Morgan fingerprint density at radius 1 is 0.731 bits per heavy atom. The highest BCUT2D eigenvalue weighted by molar-refractivity contribution is 7.91. The average molecular weight is 422 g/mol. The highest BCUT2D eigenvalue weighted by Crippen LogP contribution is 2.21. The third kappa shape index (κ3) is 5.09. The van der Waals surface area contributed by atoms with Crippen molar-refractivity contribution in [3.05, 3.63) is 60.2 Å². The first-order chi connectivity index (χ1) is 11.9. The lowest BCUT2D eigenvalue weighted by atomic mass is 10.2. The fourth-order valence-corrected chi connectivity index (χ4v) is 4.86. The van der Waals surface area contributed by atoms with E-state index < -0.39 is 45.8 Å². The van der Waals surface area contributed by atoms with E-state index in [-0.39, 0.29) is 0 Å². The van der Waals surface area contributed by atoms with Gasteiger partial charge in [0.05, 0.1) is 9.79 Å². The maximum Gasteiger partial charge on any atom is 0.321 e. The van der Waals surface area contributed by atoms with Gasteiger partial charge in [-0.15, -0.1) is 0 Å². The Bertz CT molecular complexity index is 1070. The van der Waals surface area contributed by atoms with Gasteiger partial charge < -0.3 is 0 Å². The van der Waals surface area contributed by atoms with Gasteiger partial charge in [-0.3, -0.25) is 4.55 Å². The van der Waals surface area contributed by atoms with Crippen LogP contribution in [0.25, 0.3) is 0 Å². The van der Waals surface area contributed by atoms with Crippen molar-refractivity contribution in [2.75, 3.05) is 0 Å². The summed E-state index contributed by atoms with van der Waals surface area (Å²) in [6.07, 6.45) is 0. The van der Waals surface area contributed by atoms with Crippen molar-refractivity contribution in [1.82, 2.24) is 0 Å². The molecule has 0 aromatic heterocycles. The third-order valence-electron chi connectivity index (χ3n) is 3.00. The lowest BCUT2D eigenvalue weighted by Gasteiger charge is -2.15. The summed E-state index contributed by atoms with van der Waals surface area (Å²) in [5.74, 6) is 0. The molecule has 142 valence electrons. The van der Waals surface area contributed by atoms with Crippen LogP contribution in [0.2, 0.25) is 0 Å². The minimum atomic E-state index is -5.36. The number of hydrogen-bond acceptors (Lipinski definition) is 8. The molecule has 2 aromatic rings. The zero-order valence-corrected chi connectivity index (χ0v) is 15.7. The Kier molecular flexibility index (Phi) is 5.85. The van der Waals surface area contributed by atoms with E-state index in [4.69, 9.17) is 4.55 Å². The molecule has 1 unspecified atom stereocenters. The maximum atomic E-state index is 12.2. The van der Waals surface area contributed by atoms with Crippen LogP contribution in [-0.2, 0) is 38.7 Å². The van der Waals surface area contributed by atoms with Gasteiger partial charge in [0.15, 0.2) is 0 Å². The van der Waals surface area contributed by atoms with Gasteiger partial charge in [0.2, 0.25) is 0 Å². The van der Waals surface area contributed by atoms with Gasteiger partial charge in [-0.05, 0) is 31.2 Å². The molecule has 0 amide bonds. The Morgan fingerprint density at radius 2 is 1.15 bits per heavy atom. The first-order valence-corrected chi connectivity index (χ1v) is 11.2. The summed E-state index contributed by atoms with van der Waals surface area (Å²) in [7, 11) is -14.8. The van der Waals surface area contributed by atoms with Crippen molar-refractivity contribution in [3.63, 3.8) is 0 Å². The lowest BCUT2D eigenvalue weighted by molar-refractivity contribution is 0.0785. The standard InChI is InChI=1S/C14H14O9S3/c1-11-7-9-13(10-8-11)26(20,21)23-14(24(15,16)17)22-25(18,19)12-5-3-2-4-6-12/h2-10,14H,1H3,(H,15,16,17). The summed E-state index contributed by atoms with van der Waals surface area (Å²) in [5, 5.41) is 0. The van der Waals surface area contributed by atoms with Crippen LogP contribution in [0.5, 0.6) is 0 Å². The first kappa shape index (κ1) is 20.5. The van der Waals surface area contributed by atoms with Gasteiger partial charge in [0.25, 0.3) is 20.2 Å². The fraction of sp³-hybridized carbons (Fsp3) is 0.143. The van der Waals surface area contributed by atoms with Crippen molar-refractivity contribution in [2.24, 2.45) is 0 Å². The fourth-order valence-electron chi connectivity index (χ4n) is 1.73. The van der Waals surface area contributed by atoms with Crippen LogP contribution in [0.15, 0.2) is 64.4 Å². The average Bonchev–Trinajstić information content (AvgIpc) is 2.54. The molecule has 0 aliphatic rings. The molecule has 0 fully saturated rings. The van der Waals surface area contributed by atoms with Gasteiger partial charge in [-0.2, -0.15) is 25.3 Å². The molecule has 0 radical (unpaired) electrons. The number of aryl methyl sites for hydroxylation is 1. The first-order valence-electron chi connectivity index (χ1n) is 6.86. The summed E-state index contributed by atoms with van der Waals surface area (Å²) < 4.78 is 89.0. The summed E-state index contributed by atoms with van der Waals surface area (Å²) in [6, 6.07) is 11.4. The van der Waals surface area contributed by atoms with Gasteiger partial charge in [0.1, 0.15) is 0 Å². The van der Waals surface area contributed by atoms with E-state index >= 15 is 0 Å². The Balaban J connectivity index is 2.36. The summed E-state index contributed by atoms with van der Waals surface area (Å²) >= 11 is 0. The highest BCUT2D eigenvalue weighted by Gasteiger charge is 2.37. The molecule has 0 saturated carbocycles. The predicted molar refractivity (Wildman–Crippen MR) is 89.5 cm³/mol. The zero-order valence-electron chi connectivity index (χ0n) is 13.2.